The first kappa shape index (κ1) is 17.6. The maximum absolute atomic E-state index is 12.2. The van der Waals surface area contributed by atoms with Crippen LogP contribution in [-0.2, 0) is 4.79 Å². The topological polar surface area (TPSA) is 79.9 Å². The lowest BCUT2D eigenvalue weighted by Crippen LogP contribution is -2.13. The molecule has 2 aromatic heterocycles. The Morgan fingerprint density at radius 1 is 1.26 bits per heavy atom. The van der Waals surface area contributed by atoms with E-state index in [9.17, 15) is 4.79 Å². The van der Waals surface area contributed by atoms with E-state index in [0.717, 1.165) is 27.2 Å². The first-order valence-corrected chi connectivity index (χ1v) is 9.99. The normalized spacial score (nSPS) is 10.9. The largest absolute Gasteiger partial charge is 0.497 e. The lowest BCUT2D eigenvalue weighted by atomic mass is 10.2. The number of carbonyl (C=O) groups is 1. The van der Waals surface area contributed by atoms with Gasteiger partial charge in [0.25, 0.3) is 0 Å². The highest BCUT2D eigenvalue weighted by atomic mass is 32.2. The summed E-state index contributed by atoms with van der Waals surface area (Å²) in [6.45, 7) is 0. The highest BCUT2D eigenvalue weighted by molar-refractivity contribution is 7.99. The molecule has 27 heavy (non-hydrogen) atoms. The second kappa shape index (κ2) is 7.81. The van der Waals surface area contributed by atoms with Gasteiger partial charge in [0.2, 0.25) is 5.91 Å². The lowest BCUT2D eigenvalue weighted by Gasteiger charge is -2.00. The van der Waals surface area contributed by atoms with Gasteiger partial charge in [-0.05, 0) is 23.8 Å². The molecule has 0 aliphatic carbocycles. The molecule has 8 heteroatoms. The second-order valence-corrected chi connectivity index (χ2v) is 7.65. The van der Waals surface area contributed by atoms with Crippen LogP contribution in [-0.4, -0.2) is 33.7 Å². The van der Waals surface area contributed by atoms with Gasteiger partial charge in [0.05, 0.1) is 35.0 Å². The van der Waals surface area contributed by atoms with Gasteiger partial charge in [0, 0.05) is 0 Å². The number of nitrogens with one attached hydrogen (secondary N) is 2. The smallest absolute Gasteiger partial charge is 0.236 e. The van der Waals surface area contributed by atoms with Gasteiger partial charge in [0.15, 0.2) is 10.3 Å². The summed E-state index contributed by atoms with van der Waals surface area (Å²) in [5.41, 5.74) is 2.83. The number of H-pyrrole nitrogens is 1. The predicted octanol–water partition coefficient (Wildman–Crippen LogP) is 4.43. The van der Waals surface area contributed by atoms with Crippen molar-refractivity contribution < 1.29 is 9.53 Å². The van der Waals surface area contributed by atoms with Crippen LogP contribution in [0.15, 0.2) is 59.9 Å². The van der Waals surface area contributed by atoms with Gasteiger partial charge in [0.1, 0.15) is 5.75 Å². The first-order valence-electron chi connectivity index (χ1n) is 8.19. The number of hydrogen-bond donors (Lipinski definition) is 2. The molecule has 2 N–H and O–H groups in total. The van der Waals surface area contributed by atoms with Crippen LogP contribution in [0.1, 0.15) is 0 Å². The van der Waals surface area contributed by atoms with Crippen molar-refractivity contribution in [1.29, 1.82) is 0 Å². The number of fused-ring (bicyclic) bond motifs is 1. The average molecular weight is 396 g/mol. The van der Waals surface area contributed by atoms with E-state index >= 15 is 0 Å². The van der Waals surface area contributed by atoms with E-state index in [-0.39, 0.29) is 11.7 Å². The number of ether oxygens (including phenoxy) is 1. The number of rotatable bonds is 6. The molecule has 0 radical (unpaired) electrons. The van der Waals surface area contributed by atoms with Crippen LogP contribution in [0, 0.1) is 0 Å². The van der Waals surface area contributed by atoms with Gasteiger partial charge in [-0.3, -0.25) is 4.79 Å². The summed E-state index contributed by atoms with van der Waals surface area (Å²) in [4.78, 5) is 24.2. The number of methoxy groups -OCH3 is 1. The molecular weight excluding hydrogens is 380 g/mol. The van der Waals surface area contributed by atoms with Gasteiger partial charge in [-0.15, -0.1) is 0 Å². The molecule has 0 aliphatic heterocycles. The third kappa shape index (κ3) is 4.12. The Hall–Kier alpha value is -2.84. The van der Waals surface area contributed by atoms with Gasteiger partial charge in [-0.2, -0.15) is 0 Å². The van der Waals surface area contributed by atoms with Gasteiger partial charge < -0.3 is 15.0 Å². The molecule has 0 fully saturated rings. The van der Waals surface area contributed by atoms with E-state index < -0.39 is 0 Å². The monoisotopic (exact) mass is 396 g/mol. The van der Waals surface area contributed by atoms with E-state index in [1.54, 1.807) is 13.3 Å². The van der Waals surface area contributed by atoms with Crippen LogP contribution in [0.4, 0.5) is 5.13 Å². The molecule has 2 aromatic carbocycles. The molecule has 136 valence electrons. The van der Waals surface area contributed by atoms with Crippen LogP contribution in [0.25, 0.3) is 21.5 Å². The van der Waals surface area contributed by atoms with E-state index in [1.807, 2.05) is 48.5 Å². The molecule has 0 aliphatic rings. The summed E-state index contributed by atoms with van der Waals surface area (Å²) in [6, 6.07) is 15.6. The molecule has 2 heterocycles. The zero-order valence-electron chi connectivity index (χ0n) is 14.4. The van der Waals surface area contributed by atoms with E-state index in [0.29, 0.717) is 10.3 Å². The van der Waals surface area contributed by atoms with Gasteiger partial charge >= 0.3 is 0 Å². The van der Waals surface area contributed by atoms with Crippen LogP contribution >= 0.6 is 23.1 Å². The second-order valence-electron chi connectivity index (χ2n) is 5.66. The zero-order chi connectivity index (χ0) is 18.6. The highest BCUT2D eigenvalue weighted by Crippen LogP contribution is 2.29. The van der Waals surface area contributed by atoms with Crippen LogP contribution in [0.5, 0.6) is 5.75 Å². The molecule has 0 saturated heterocycles. The van der Waals surface area contributed by atoms with Crippen molar-refractivity contribution in [3.63, 3.8) is 0 Å². The maximum Gasteiger partial charge on any atom is 0.236 e. The number of carbonyl (C=O) groups excluding carboxylic acids is 1. The number of thioether (sulfide) groups is 1. The molecule has 0 unspecified atom stereocenters. The molecule has 4 rings (SSSR count). The van der Waals surface area contributed by atoms with Crippen molar-refractivity contribution in [3.8, 4) is 17.0 Å². The number of anilines is 1. The third-order valence-corrected chi connectivity index (χ3v) is 5.64. The Morgan fingerprint density at radius 2 is 2.11 bits per heavy atom. The number of hydrogen-bond acceptors (Lipinski definition) is 6. The fourth-order valence-electron chi connectivity index (χ4n) is 2.52. The predicted molar refractivity (Wildman–Crippen MR) is 110 cm³/mol. The average Bonchev–Trinajstić information content (AvgIpc) is 3.33. The number of aromatic amines is 1. The molecule has 4 aromatic rings. The third-order valence-electron chi connectivity index (χ3n) is 3.82. The Balaban J connectivity index is 1.37. The van der Waals surface area contributed by atoms with Gasteiger partial charge in [-0.1, -0.05) is 53.4 Å². The number of amides is 1. The number of aromatic nitrogens is 3. The SMILES string of the molecule is COc1ccc2nc(NC(=O)CSc3ncc(-c4ccccc4)[nH]3)sc2c1. The van der Waals surface area contributed by atoms with Crippen LogP contribution in [0.2, 0.25) is 0 Å². The number of nitrogens with zero attached hydrogens (tertiary/aromatic N) is 2. The maximum atomic E-state index is 12.2. The van der Waals surface area contributed by atoms with E-state index in [4.69, 9.17) is 4.74 Å². The molecule has 0 bridgehead atoms. The summed E-state index contributed by atoms with van der Waals surface area (Å²) in [7, 11) is 1.62. The summed E-state index contributed by atoms with van der Waals surface area (Å²) in [6.07, 6.45) is 1.77. The Labute approximate surface area is 164 Å². The minimum Gasteiger partial charge on any atom is -0.497 e. The minimum atomic E-state index is -0.122. The summed E-state index contributed by atoms with van der Waals surface area (Å²) in [5, 5.41) is 4.13. The minimum absolute atomic E-state index is 0.122. The number of imidazole rings is 1. The van der Waals surface area contributed by atoms with E-state index in [2.05, 4.69) is 20.3 Å². The van der Waals surface area contributed by atoms with Crippen molar-refractivity contribution >= 4 is 44.4 Å². The fraction of sp³-hybridized carbons (Fsp3) is 0.105. The Kier molecular flexibility index (Phi) is 5.08. The molecule has 0 spiro atoms. The molecule has 1 amide bonds. The Bertz CT molecular complexity index is 1080. The number of thiazole rings is 1. The van der Waals surface area contributed by atoms with Crippen molar-refractivity contribution in [3.05, 3.63) is 54.7 Å². The van der Waals surface area contributed by atoms with Gasteiger partial charge in [-0.25, -0.2) is 9.97 Å². The van der Waals surface area contributed by atoms with Crippen molar-refractivity contribution in [2.75, 3.05) is 18.2 Å². The summed E-state index contributed by atoms with van der Waals surface area (Å²) >= 11 is 2.78. The van der Waals surface area contributed by atoms with Crippen molar-refractivity contribution in [1.82, 2.24) is 15.0 Å². The number of benzene rings is 2. The molecule has 6 nitrogen and oxygen atoms in total. The molecule has 0 atom stereocenters. The van der Waals surface area contributed by atoms with Crippen LogP contribution < -0.4 is 10.1 Å². The summed E-state index contributed by atoms with van der Waals surface area (Å²) in [5.74, 6) is 0.899. The standard InChI is InChI=1S/C19H16N4O2S2/c1-25-13-7-8-14-16(9-13)27-19(21-14)23-17(24)11-26-18-20-10-15(22-18)12-5-3-2-4-6-12/h2-10H,11H2,1H3,(H,20,22)(H,21,23,24). The fourth-order valence-corrected chi connectivity index (χ4v) is 4.08. The van der Waals surface area contributed by atoms with Crippen LogP contribution in [0.3, 0.4) is 0 Å². The first-order chi connectivity index (χ1) is 13.2. The Morgan fingerprint density at radius 3 is 2.93 bits per heavy atom. The molecule has 0 saturated carbocycles. The quantitative estimate of drug-likeness (QED) is 0.472. The molecular formula is C19H16N4O2S2. The van der Waals surface area contributed by atoms with Crippen molar-refractivity contribution in [2.24, 2.45) is 0 Å². The zero-order valence-corrected chi connectivity index (χ0v) is 16.1. The highest BCUT2D eigenvalue weighted by Gasteiger charge is 2.11. The van der Waals surface area contributed by atoms with E-state index in [1.165, 1.54) is 23.1 Å². The van der Waals surface area contributed by atoms with Crippen molar-refractivity contribution in [2.45, 2.75) is 5.16 Å². The summed E-state index contributed by atoms with van der Waals surface area (Å²) < 4.78 is 6.18. The lowest BCUT2D eigenvalue weighted by molar-refractivity contribution is -0.113.